The van der Waals surface area contributed by atoms with Crippen molar-refractivity contribution in [1.82, 2.24) is 9.78 Å². The number of hydrogen-bond donors (Lipinski definition) is 1. The van der Waals surface area contributed by atoms with E-state index in [4.69, 9.17) is 17.3 Å². The van der Waals surface area contributed by atoms with E-state index in [1.807, 2.05) is 30.9 Å². The van der Waals surface area contributed by atoms with Crippen LogP contribution in [0.25, 0.3) is 0 Å². The topological polar surface area (TPSA) is 47.1 Å². The third kappa shape index (κ3) is 3.04. The van der Waals surface area contributed by atoms with Gasteiger partial charge in [0.05, 0.1) is 22.3 Å². The summed E-state index contributed by atoms with van der Waals surface area (Å²) in [7, 11) is 3.96. The van der Waals surface area contributed by atoms with Crippen molar-refractivity contribution in [3.8, 4) is 0 Å². The molecule has 2 aromatic rings. The van der Waals surface area contributed by atoms with Gasteiger partial charge in [-0.2, -0.15) is 5.10 Å². The standard InChI is InChI=1S/C13H19ClN4S/c1-4-5-10-12(15)13(18(3)16-10)17(2)8-9-6-7-11(14)19-9/h6-7H,4-5,8,15H2,1-3H3. The van der Waals surface area contributed by atoms with E-state index in [1.165, 1.54) is 4.88 Å². The highest BCUT2D eigenvalue weighted by molar-refractivity contribution is 7.16. The van der Waals surface area contributed by atoms with E-state index in [9.17, 15) is 0 Å². The molecule has 0 atom stereocenters. The summed E-state index contributed by atoms with van der Waals surface area (Å²) < 4.78 is 2.67. The number of nitrogens with two attached hydrogens (primary N) is 1. The molecule has 0 saturated carbocycles. The van der Waals surface area contributed by atoms with Crippen molar-refractivity contribution in [1.29, 1.82) is 0 Å². The first-order chi connectivity index (χ1) is 9.02. The Bertz CT molecular complexity index is 561. The molecule has 104 valence electrons. The fraction of sp³-hybridized carbons (Fsp3) is 0.462. The molecule has 0 spiro atoms. The largest absolute Gasteiger partial charge is 0.394 e. The van der Waals surface area contributed by atoms with Gasteiger partial charge in [0, 0.05) is 19.0 Å². The Labute approximate surface area is 122 Å². The lowest BCUT2D eigenvalue weighted by molar-refractivity contribution is 0.714. The monoisotopic (exact) mass is 298 g/mol. The Morgan fingerprint density at radius 3 is 2.79 bits per heavy atom. The molecular weight excluding hydrogens is 280 g/mol. The third-order valence-corrected chi connectivity index (χ3v) is 4.22. The molecule has 0 amide bonds. The summed E-state index contributed by atoms with van der Waals surface area (Å²) in [4.78, 5) is 3.33. The summed E-state index contributed by atoms with van der Waals surface area (Å²) in [5.41, 5.74) is 7.97. The van der Waals surface area contributed by atoms with Crippen LogP contribution in [0.3, 0.4) is 0 Å². The molecule has 2 aromatic heterocycles. The lowest BCUT2D eigenvalue weighted by Gasteiger charge is -2.19. The first-order valence-corrected chi connectivity index (χ1v) is 7.49. The van der Waals surface area contributed by atoms with Gasteiger partial charge in [0.1, 0.15) is 5.82 Å². The minimum absolute atomic E-state index is 0.784. The van der Waals surface area contributed by atoms with E-state index in [0.29, 0.717) is 0 Å². The zero-order valence-corrected chi connectivity index (χ0v) is 13.1. The first kappa shape index (κ1) is 14.2. The normalized spacial score (nSPS) is 10.9. The second kappa shape index (κ2) is 5.84. The van der Waals surface area contributed by atoms with Gasteiger partial charge in [-0.1, -0.05) is 24.9 Å². The summed E-state index contributed by atoms with van der Waals surface area (Å²) in [6.45, 7) is 2.91. The number of aromatic nitrogens is 2. The minimum atomic E-state index is 0.784. The Kier molecular flexibility index (Phi) is 4.37. The van der Waals surface area contributed by atoms with Crippen LogP contribution in [0.2, 0.25) is 4.34 Å². The molecule has 0 unspecified atom stereocenters. The van der Waals surface area contributed by atoms with Crippen LogP contribution in [-0.4, -0.2) is 16.8 Å². The maximum Gasteiger partial charge on any atom is 0.150 e. The van der Waals surface area contributed by atoms with Crippen LogP contribution in [0.5, 0.6) is 0 Å². The number of halogens is 1. The predicted molar refractivity (Wildman–Crippen MR) is 83.1 cm³/mol. The molecule has 2 N–H and O–H groups in total. The van der Waals surface area contributed by atoms with Crippen LogP contribution in [0.15, 0.2) is 12.1 Å². The second-order valence-corrected chi connectivity index (χ2v) is 6.42. The highest BCUT2D eigenvalue weighted by Gasteiger charge is 2.16. The summed E-state index contributed by atoms with van der Waals surface area (Å²) >= 11 is 7.55. The second-order valence-electron chi connectivity index (χ2n) is 4.62. The quantitative estimate of drug-likeness (QED) is 0.921. The number of thiophene rings is 1. The Hall–Kier alpha value is -1.20. The van der Waals surface area contributed by atoms with Crippen LogP contribution < -0.4 is 10.6 Å². The van der Waals surface area contributed by atoms with Crippen molar-refractivity contribution < 1.29 is 0 Å². The molecule has 0 aromatic carbocycles. The van der Waals surface area contributed by atoms with Gasteiger partial charge in [-0.3, -0.25) is 4.68 Å². The van der Waals surface area contributed by atoms with Gasteiger partial charge >= 0.3 is 0 Å². The molecule has 0 radical (unpaired) electrons. The number of nitrogens with zero attached hydrogens (tertiary/aromatic N) is 3. The molecule has 6 heteroatoms. The summed E-state index contributed by atoms with van der Waals surface area (Å²) in [6, 6.07) is 3.97. The Morgan fingerprint density at radius 1 is 1.47 bits per heavy atom. The molecule has 2 rings (SSSR count). The van der Waals surface area contributed by atoms with Crippen LogP contribution in [0.4, 0.5) is 11.5 Å². The van der Waals surface area contributed by atoms with Gasteiger partial charge in [-0.25, -0.2) is 0 Å². The van der Waals surface area contributed by atoms with Crippen molar-refractivity contribution >= 4 is 34.4 Å². The maximum atomic E-state index is 6.20. The van der Waals surface area contributed by atoms with Gasteiger partial charge in [0.15, 0.2) is 0 Å². The van der Waals surface area contributed by atoms with Crippen LogP contribution in [-0.2, 0) is 20.0 Å². The predicted octanol–water partition coefficient (Wildman–Crippen LogP) is 3.31. The molecule has 0 fully saturated rings. The molecule has 0 aliphatic heterocycles. The molecular formula is C13H19ClN4S. The van der Waals surface area contributed by atoms with Gasteiger partial charge in [-0.05, 0) is 18.6 Å². The van der Waals surface area contributed by atoms with Crippen molar-refractivity contribution in [3.05, 3.63) is 27.0 Å². The summed E-state index contributed by atoms with van der Waals surface area (Å²) in [5.74, 6) is 0.966. The number of nitrogen functional groups attached to an aromatic ring is 1. The minimum Gasteiger partial charge on any atom is -0.394 e. The lowest BCUT2D eigenvalue weighted by Crippen LogP contribution is -2.19. The van der Waals surface area contributed by atoms with E-state index >= 15 is 0 Å². The Balaban J connectivity index is 2.21. The smallest absolute Gasteiger partial charge is 0.150 e. The van der Waals surface area contributed by atoms with Crippen LogP contribution in [0, 0.1) is 0 Å². The molecule has 0 aliphatic carbocycles. The van der Waals surface area contributed by atoms with E-state index in [2.05, 4.69) is 16.9 Å². The highest BCUT2D eigenvalue weighted by Crippen LogP contribution is 2.29. The van der Waals surface area contributed by atoms with Gasteiger partial charge < -0.3 is 10.6 Å². The van der Waals surface area contributed by atoms with Crippen LogP contribution in [0.1, 0.15) is 23.9 Å². The van der Waals surface area contributed by atoms with Crippen LogP contribution >= 0.6 is 22.9 Å². The third-order valence-electron chi connectivity index (χ3n) is 3.00. The first-order valence-electron chi connectivity index (χ1n) is 6.29. The number of aryl methyl sites for hydroxylation is 2. The van der Waals surface area contributed by atoms with Gasteiger partial charge in [0.2, 0.25) is 0 Å². The zero-order valence-electron chi connectivity index (χ0n) is 11.5. The van der Waals surface area contributed by atoms with E-state index in [0.717, 1.165) is 40.9 Å². The molecule has 0 bridgehead atoms. The summed E-state index contributed by atoms with van der Waals surface area (Å²) in [5, 5.41) is 4.50. The fourth-order valence-electron chi connectivity index (χ4n) is 2.21. The molecule has 2 heterocycles. The molecule has 0 aliphatic rings. The van der Waals surface area contributed by atoms with Crippen molar-refractivity contribution in [2.24, 2.45) is 7.05 Å². The fourth-order valence-corrected chi connectivity index (χ4v) is 3.35. The number of rotatable bonds is 5. The number of anilines is 2. The summed E-state index contributed by atoms with van der Waals surface area (Å²) in [6.07, 6.45) is 1.96. The van der Waals surface area contributed by atoms with Gasteiger partial charge in [-0.15, -0.1) is 11.3 Å². The molecule has 19 heavy (non-hydrogen) atoms. The molecule has 0 saturated heterocycles. The van der Waals surface area contributed by atoms with E-state index in [-0.39, 0.29) is 0 Å². The van der Waals surface area contributed by atoms with E-state index in [1.54, 1.807) is 11.3 Å². The number of hydrogen-bond acceptors (Lipinski definition) is 4. The van der Waals surface area contributed by atoms with Crippen molar-refractivity contribution in [3.63, 3.8) is 0 Å². The average Bonchev–Trinajstić information content (AvgIpc) is 2.85. The SMILES string of the molecule is CCCc1nn(C)c(N(C)Cc2ccc(Cl)s2)c1N. The van der Waals surface area contributed by atoms with E-state index < -0.39 is 0 Å². The highest BCUT2D eigenvalue weighted by atomic mass is 35.5. The lowest BCUT2D eigenvalue weighted by atomic mass is 10.2. The van der Waals surface area contributed by atoms with Crippen molar-refractivity contribution in [2.75, 3.05) is 17.7 Å². The zero-order chi connectivity index (χ0) is 14.0. The van der Waals surface area contributed by atoms with Gasteiger partial charge in [0.25, 0.3) is 0 Å². The average molecular weight is 299 g/mol. The maximum absolute atomic E-state index is 6.20. The van der Waals surface area contributed by atoms with Crippen molar-refractivity contribution in [2.45, 2.75) is 26.3 Å². The molecule has 4 nitrogen and oxygen atoms in total. The Morgan fingerprint density at radius 2 is 2.21 bits per heavy atom.